The fraction of sp³-hybridized carbons (Fsp3) is 0.435. The van der Waals surface area contributed by atoms with Crippen molar-refractivity contribution in [2.75, 3.05) is 41.5 Å². The Balaban J connectivity index is 2.20. The second kappa shape index (κ2) is 11.9. The van der Waals surface area contributed by atoms with Crippen LogP contribution in [-0.2, 0) is 0 Å². The van der Waals surface area contributed by atoms with Crippen molar-refractivity contribution in [2.45, 2.75) is 26.0 Å². The third-order valence-electron chi connectivity index (χ3n) is 4.82. The van der Waals surface area contributed by atoms with Gasteiger partial charge >= 0.3 is 0 Å². The highest BCUT2D eigenvalue weighted by Crippen LogP contribution is 2.30. The quantitative estimate of drug-likeness (QED) is 0.393. The molecular formula is C23H33N3O5. The van der Waals surface area contributed by atoms with Gasteiger partial charge in [-0.3, -0.25) is 4.99 Å². The monoisotopic (exact) mass is 431 g/mol. The van der Waals surface area contributed by atoms with Gasteiger partial charge in [0.1, 0.15) is 29.1 Å². The second-order valence-corrected chi connectivity index (χ2v) is 6.82. The molecule has 170 valence electrons. The van der Waals surface area contributed by atoms with Gasteiger partial charge in [0.25, 0.3) is 0 Å². The minimum atomic E-state index is -0.859. The lowest BCUT2D eigenvalue weighted by Crippen LogP contribution is -2.39. The molecule has 8 heteroatoms. The van der Waals surface area contributed by atoms with Crippen LogP contribution in [0.2, 0.25) is 0 Å². The van der Waals surface area contributed by atoms with Gasteiger partial charge in [-0.25, -0.2) is 0 Å². The van der Waals surface area contributed by atoms with Crippen molar-refractivity contribution in [2.24, 2.45) is 4.99 Å². The summed E-state index contributed by atoms with van der Waals surface area (Å²) in [7, 11) is 6.41. The number of aliphatic hydroxyl groups is 1. The number of benzene rings is 2. The number of aliphatic hydroxyl groups excluding tert-OH is 1. The first-order chi connectivity index (χ1) is 15.0. The lowest BCUT2D eigenvalue weighted by Gasteiger charge is -2.21. The first kappa shape index (κ1) is 24.1. The van der Waals surface area contributed by atoms with E-state index in [1.165, 1.54) is 0 Å². The zero-order chi connectivity index (χ0) is 22.8. The molecule has 0 saturated carbocycles. The molecule has 0 heterocycles. The van der Waals surface area contributed by atoms with Gasteiger partial charge in [-0.15, -0.1) is 0 Å². The number of methoxy groups -OCH3 is 4. The summed E-state index contributed by atoms with van der Waals surface area (Å²) < 4.78 is 21.5. The Morgan fingerprint density at radius 3 is 1.97 bits per heavy atom. The molecule has 0 aliphatic carbocycles. The van der Waals surface area contributed by atoms with Crippen LogP contribution < -0.4 is 29.6 Å². The standard InChI is InChI=1S/C23H33N3O5/c1-7-24-23(26-15(2)18-12-16(28-3)8-10-21(18)30-5)25-14-20(27)19-13-17(29-4)9-11-22(19)31-6/h8-13,15,20,27H,7,14H2,1-6H3,(H2,24,25,26). The van der Waals surface area contributed by atoms with E-state index in [1.807, 2.05) is 32.0 Å². The van der Waals surface area contributed by atoms with Crippen molar-refractivity contribution in [1.82, 2.24) is 10.6 Å². The fourth-order valence-electron chi connectivity index (χ4n) is 3.16. The van der Waals surface area contributed by atoms with Crippen molar-refractivity contribution < 1.29 is 24.1 Å². The molecule has 0 aliphatic heterocycles. The SMILES string of the molecule is CCNC(=NCC(O)c1cc(OC)ccc1OC)NC(C)c1cc(OC)ccc1OC. The van der Waals surface area contributed by atoms with Crippen LogP contribution in [0.4, 0.5) is 0 Å². The van der Waals surface area contributed by atoms with Crippen LogP contribution in [0, 0.1) is 0 Å². The number of guanidine groups is 1. The molecule has 0 aliphatic rings. The number of ether oxygens (including phenoxy) is 4. The highest BCUT2D eigenvalue weighted by Gasteiger charge is 2.17. The van der Waals surface area contributed by atoms with Crippen molar-refractivity contribution in [1.29, 1.82) is 0 Å². The molecule has 0 aromatic heterocycles. The van der Waals surface area contributed by atoms with Crippen LogP contribution in [0.3, 0.4) is 0 Å². The molecule has 8 nitrogen and oxygen atoms in total. The summed E-state index contributed by atoms with van der Waals surface area (Å²) in [6.07, 6.45) is -0.859. The van der Waals surface area contributed by atoms with Gasteiger partial charge in [0.15, 0.2) is 5.96 Å². The van der Waals surface area contributed by atoms with Crippen LogP contribution in [0.25, 0.3) is 0 Å². The van der Waals surface area contributed by atoms with Crippen LogP contribution in [0.1, 0.15) is 37.1 Å². The molecule has 0 bridgehead atoms. The molecule has 2 rings (SSSR count). The molecule has 3 N–H and O–H groups in total. The largest absolute Gasteiger partial charge is 0.497 e. The zero-order valence-corrected chi connectivity index (χ0v) is 19.1. The molecule has 2 aromatic rings. The minimum absolute atomic E-state index is 0.119. The van der Waals surface area contributed by atoms with Crippen molar-refractivity contribution in [3.05, 3.63) is 47.5 Å². The van der Waals surface area contributed by atoms with E-state index in [-0.39, 0.29) is 12.6 Å². The molecule has 0 fully saturated rings. The maximum atomic E-state index is 10.7. The Kier molecular flexibility index (Phi) is 9.27. The number of nitrogens with one attached hydrogen (secondary N) is 2. The average molecular weight is 432 g/mol. The lowest BCUT2D eigenvalue weighted by atomic mass is 10.1. The highest BCUT2D eigenvalue weighted by atomic mass is 16.5. The maximum Gasteiger partial charge on any atom is 0.191 e. The molecule has 31 heavy (non-hydrogen) atoms. The van der Waals surface area contributed by atoms with Crippen molar-refractivity contribution in [3.8, 4) is 23.0 Å². The van der Waals surface area contributed by atoms with Crippen LogP contribution in [-0.4, -0.2) is 52.6 Å². The van der Waals surface area contributed by atoms with E-state index >= 15 is 0 Å². The van der Waals surface area contributed by atoms with E-state index in [1.54, 1.807) is 46.6 Å². The minimum Gasteiger partial charge on any atom is -0.497 e. The predicted octanol–water partition coefficient (Wildman–Crippen LogP) is 3.07. The fourth-order valence-corrected chi connectivity index (χ4v) is 3.16. The van der Waals surface area contributed by atoms with Crippen molar-refractivity contribution >= 4 is 5.96 Å². The zero-order valence-electron chi connectivity index (χ0n) is 19.1. The molecule has 0 amide bonds. The molecule has 2 aromatic carbocycles. The smallest absolute Gasteiger partial charge is 0.191 e. The molecule has 2 atom stereocenters. The Labute approximate surface area is 184 Å². The predicted molar refractivity (Wildman–Crippen MR) is 122 cm³/mol. The van der Waals surface area contributed by atoms with E-state index in [0.717, 1.165) is 17.1 Å². The second-order valence-electron chi connectivity index (χ2n) is 6.82. The van der Waals surface area contributed by atoms with Gasteiger partial charge in [-0.05, 0) is 50.2 Å². The van der Waals surface area contributed by atoms with Gasteiger partial charge in [0, 0.05) is 17.7 Å². The van der Waals surface area contributed by atoms with Gasteiger partial charge in [0.2, 0.25) is 0 Å². The molecular weight excluding hydrogens is 398 g/mol. The van der Waals surface area contributed by atoms with Gasteiger partial charge < -0.3 is 34.7 Å². The van der Waals surface area contributed by atoms with E-state index in [0.29, 0.717) is 29.6 Å². The van der Waals surface area contributed by atoms with Gasteiger partial charge in [0.05, 0.1) is 41.0 Å². The molecule has 0 saturated heterocycles. The first-order valence-electron chi connectivity index (χ1n) is 10.1. The third-order valence-corrected chi connectivity index (χ3v) is 4.82. The third kappa shape index (κ3) is 6.42. The van der Waals surface area contributed by atoms with Gasteiger partial charge in [-0.1, -0.05) is 0 Å². The summed E-state index contributed by atoms with van der Waals surface area (Å²) in [4.78, 5) is 4.56. The number of aliphatic imine (C=N–C) groups is 1. The van der Waals surface area contributed by atoms with E-state index in [4.69, 9.17) is 18.9 Å². The lowest BCUT2D eigenvalue weighted by molar-refractivity contribution is 0.182. The first-order valence-corrected chi connectivity index (χ1v) is 10.1. The van der Waals surface area contributed by atoms with E-state index in [2.05, 4.69) is 15.6 Å². The molecule has 2 unspecified atom stereocenters. The topological polar surface area (TPSA) is 93.6 Å². The van der Waals surface area contributed by atoms with Crippen LogP contribution in [0.5, 0.6) is 23.0 Å². The average Bonchev–Trinajstić information content (AvgIpc) is 2.81. The Morgan fingerprint density at radius 1 is 0.903 bits per heavy atom. The summed E-state index contributed by atoms with van der Waals surface area (Å²) in [6.45, 7) is 4.80. The van der Waals surface area contributed by atoms with E-state index in [9.17, 15) is 5.11 Å². The van der Waals surface area contributed by atoms with Crippen molar-refractivity contribution in [3.63, 3.8) is 0 Å². The summed E-state index contributed by atoms with van der Waals surface area (Å²) in [5.74, 6) is 3.28. The summed E-state index contributed by atoms with van der Waals surface area (Å²) in [6, 6.07) is 10.8. The summed E-state index contributed by atoms with van der Waals surface area (Å²) >= 11 is 0. The normalized spacial score (nSPS) is 13.2. The summed E-state index contributed by atoms with van der Waals surface area (Å²) in [5, 5.41) is 17.3. The number of hydrogen-bond donors (Lipinski definition) is 3. The Hall–Kier alpha value is -3.13. The molecule has 0 spiro atoms. The highest BCUT2D eigenvalue weighted by molar-refractivity contribution is 5.80. The van der Waals surface area contributed by atoms with Gasteiger partial charge in [-0.2, -0.15) is 0 Å². The summed E-state index contributed by atoms with van der Waals surface area (Å²) in [5.41, 5.74) is 1.55. The Bertz CT molecular complexity index is 872. The van der Waals surface area contributed by atoms with E-state index < -0.39 is 6.10 Å². The van der Waals surface area contributed by atoms with Crippen LogP contribution >= 0.6 is 0 Å². The number of rotatable bonds is 10. The maximum absolute atomic E-state index is 10.7. The molecule has 0 radical (unpaired) electrons. The Morgan fingerprint density at radius 2 is 1.45 bits per heavy atom. The van der Waals surface area contributed by atoms with Crippen LogP contribution in [0.15, 0.2) is 41.4 Å². The number of hydrogen-bond acceptors (Lipinski definition) is 6. The number of nitrogens with zero attached hydrogens (tertiary/aromatic N) is 1.